The minimum Gasteiger partial charge on any atom is -0.494 e. The molecule has 0 radical (unpaired) electrons. The Hall–Kier alpha value is -4.63. The minimum atomic E-state index is -0.310. The van der Waals surface area contributed by atoms with Gasteiger partial charge in [0.1, 0.15) is 5.75 Å². The summed E-state index contributed by atoms with van der Waals surface area (Å²) in [5.74, 6) is 0.472. The van der Waals surface area contributed by atoms with Gasteiger partial charge in [0.05, 0.1) is 41.9 Å². The summed E-state index contributed by atoms with van der Waals surface area (Å²) >= 11 is 0. The molecule has 42 heavy (non-hydrogen) atoms. The Morgan fingerprint density at radius 3 is 2.60 bits per heavy atom. The van der Waals surface area contributed by atoms with Gasteiger partial charge < -0.3 is 24.9 Å². The molecule has 218 valence electrons. The highest BCUT2D eigenvalue weighted by Gasteiger charge is 2.15. The number of nitrogens with one attached hydrogen (secondary N) is 3. The number of H-pyrrole nitrogens is 2. The molecule has 9 heteroatoms. The van der Waals surface area contributed by atoms with E-state index in [-0.39, 0.29) is 16.9 Å². The van der Waals surface area contributed by atoms with E-state index in [1.807, 2.05) is 38.4 Å². The first-order valence-corrected chi connectivity index (χ1v) is 14.1. The van der Waals surface area contributed by atoms with Crippen LogP contribution < -0.4 is 15.6 Å². The van der Waals surface area contributed by atoms with Gasteiger partial charge in [0.15, 0.2) is 0 Å². The van der Waals surface area contributed by atoms with Crippen molar-refractivity contribution in [1.82, 2.24) is 24.6 Å². The molecular weight excluding hydrogens is 528 g/mol. The van der Waals surface area contributed by atoms with Crippen molar-refractivity contribution in [3.63, 3.8) is 0 Å². The summed E-state index contributed by atoms with van der Waals surface area (Å²) in [6.07, 6.45) is 5.69. The van der Waals surface area contributed by atoms with Crippen molar-refractivity contribution in [3.05, 3.63) is 100 Å². The van der Waals surface area contributed by atoms with Crippen molar-refractivity contribution in [1.29, 1.82) is 0 Å². The number of nitrogens with zero attached hydrogens (tertiary/aromatic N) is 3. The lowest BCUT2D eigenvalue weighted by Gasteiger charge is -2.19. The number of fused-ring (bicyclic) bond motifs is 1. The number of rotatable bonds is 10. The highest BCUT2D eigenvalue weighted by Crippen LogP contribution is 2.27. The van der Waals surface area contributed by atoms with Gasteiger partial charge in [-0.2, -0.15) is 5.10 Å². The lowest BCUT2D eigenvalue weighted by molar-refractivity contribution is 0.102. The van der Waals surface area contributed by atoms with Crippen molar-refractivity contribution >= 4 is 22.5 Å². The third-order valence-corrected chi connectivity index (χ3v) is 7.12. The van der Waals surface area contributed by atoms with E-state index in [4.69, 9.17) is 4.74 Å². The molecule has 1 amide bonds. The average Bonchev–Trinajstić information content (AvgIpc) is 3.59. The van der Waals surface area contributed by atoms with Crippen LogP contribution in [-0.2, 0) is 12.0 Å². The van der Waals surface area contributed by atoms with Crippen LogP contribution in [0.3, 0.4) is 0 Å². The maximum absolute atomic E-state index is 13.0. The van der Waals surface area contributed by atoms with E-state index in [2.05, 4.69) is 70.3 Å². The van der Waals surface area contributed by atoms with Crippen LogP contribution in [0.2, 0.25) is 0 Å². The van der Waals surface area contributed by atoms with E-state index in [9.17, 15) is 9.59 Å². The van der Waals surface area contributed by atoms with Crippen LogP contribution in [0, 0.1) is 0 Å². The van der Waals surface area contributed by atoms with Gasteiger partial charge in [-0.1, -0.05) is 45.0 Å². The fourth-order valence-corrected chi connectivity index (χ4v) is 4.74. The van der Waals surface area contributed by atoms with E-state index < -0.39 is 0 Å². The maximum Gasteiger partial charge on any atom is 0.258 e. The molecule has 9 nitrogen and oxygen atoms in total. The fraction of sp³-hybridized carbons (Fsp3) is 0.303. The highest BCUT2D eigenvalue weighted by atomic mass is 16.5. The highest BCUT2D eigenvalue weighted by molar-refractivity contribution is 6.04. The lowest BCUT2D eigenvalue weighted by Crippen LogP contribution is -2.15. The van der Waals surface area contributed by atoms with Crippen LogP contribution in [-0.4, -0.2) is 57.8 Å². The van der Waals surface area contributed by atoms with Gasteiger partial charge in [-0.3, -0.25) is 14.3 Å². The largest absolute Gasteiger partial charge is 0.494 e. The van der Waals surface area contributed by atoms with Crippen LogP contribution in [0.15, 0.2) is 78.0 Å². The van der Waals surface area contributed by atoms with Crippen molar-refractivity contribution in [2.45, 2.75) is 39.2 Å². The monoisotopic (exact) mass is 566 g/mol. The zero-order valence-corrected chi connectivity index (χ0v) is 24.8. The number of amides is 1. The molecule has 0 unspecified atom stereocenters. The standard InChI is InChI=1S/C33H38N6O3/c1-33(2,3)25-9-7-22(8-10-25)20-39-21-24(18-35-39)31(40)36-26-17-28(32(41)34-19-26)30-16-23-15-27(11-12-29(23)37-30)42-14-6-13-38(4)5/h7-12,15-19,21,37H,6,13-14,20H2,1-5H3,(H,34,41)(H,36,40). The molecule has 0 aliphatic heterocycles. The van der Waals surface area contributed by atoms with Gasteiger partial charge in [0.2, 0.25) is 0 Å². The number of carbonyl (C=O) groups is 1. The van der Waals surface area contributed by atoms with Gasteiger partial charge in [-0.25, -0.2) is 0 Å². The molecule has 0 aliphatic rings. The van der Waals surface area contributed by atoms with E-state index in [1.165, 1.54) is 11.8 Å². The number of aromatic amines is 2. The predicted molar refractivity (Wildman–Crippen MR) is 167 cm³/mol. The second kappa shape index (κ2) is 12.1. The van der Waals surface area contributed by atoms with Crippen molar-refractivity contribution in [2.75, 3.05) is 32.6 Å². The molecule has 0 bridgehead atoms. The van der Waals surface area contributed by atoms with Gasteiger partial charge in [0, 0.05) is 29.8 Å². The Bertz CT molecular complexity index is 1740. The molecular formula is C33H38N6O3. The van der Waals surface area contributed by atoms with Gasteiger partial charge in [0.25, 0.3) is 11.5 Å². The third-order valence-electron chi connectivity index (χ3n) is 7.12. The normalized spacial score (nSPS) is 11.8. The Morgan fingerprint density at radius 1 is 1.07 bits per heavy atom. The molecule has 3 aromatic heterocycles. The molecule has 3 heterocycles. The average molecular weight is 567 g/mol. The lowest BCUT2D eigenvalue weighted by atomic mass is 9.87. The van der Waals surface area contributed by atoms with Crippen LogP contribution in [0.1, 0.15) is 48.7 Å². The Labute approximate surface area is 245 Å². The van der Waals surface area contributed by atoms with Crippen LogP contribution >= 0.6 is 0 Å². The predicted octanol–water partition coefficient (Wildman–Crippen LogP) is 5.65. The Morgan fingerprint density at radius 2 is 1.86 bits per heavy atom. The number of ether oxygens (including phenoxy) is 1. The number of benzene rings is 2. The van der Waals surface area contributed by atoms with Gasteiger partial charge in [-0.15, -0.1) is 0 Å². The third kappa shape index (κ3) is 6.98. The van der Waals surface area contributed by atoms with E-state index >= 15 is 0 Å². The van der Waals surface area contributed by atoms with Crippen molar-refractivity contribution in [3.8, 4) is 17.0 Å². The SMILES string of the molecule is CN(C)CCCOc1ccc2[nH]c(-c3cc(NC(=O)c4cnn(Cc5ccc(C(C)(C)C)cc5)c4)c[nH]c3=O)cc2c1. The first kappa shape index (κ1) is 28.9. The number of aromatic nitrogens is 4. The topological polar surface area (TPSA) is 108 Å². The summed E-state index contributed by atoms with van der Waals surface area (Å²) in [5, 5.41) is 8.18. The molecule has 0 fully saturated rings. The maximum atomic E-state index is 13.0. The molecule has 0 saturated heterocycles. The van der Waals surface area contributed by atoms with Crippen LogP contribution in [0.4, 0.5) is 5.69 Å². The van der Waals surface area contributed by atoms with Crippen LogP contribution in [0.25, 0.3) is 22.2 Å². The quantitative estimate of drug-likeness (QED) is 0.189. The summed E-state index contributed by atoms with van der Waals surface area (Å²) in [5.41, 5.74) is 5.07. The summed E-state index contributed by atoms with van der Waals surface area (Å²) < 4.78 is 7.64. The van der Waals surface area contributed by atoms with Crippen molar-refractivity contribution < 1.29 is 9.53 Å². The van der Waals surface area contributed by atoms with Crippen molar-refractivity contribution in [2.24, 2.45) is 0 Å². The first-order valence-electron chi connectivity index (χ1n) is 14.1. The number of pyridine rings is 1. The minimum absolute atomic E-state index is 0.0926. The Balaban J connectivity index is 1.26. The fourth-order valence-electron chi connectivity index (χ4n) is 4.74. The molecule has 5 rings (SSSR count). The zero-order valence-electron chi connectivity index (χ0n) is 24.8. The number of carbonyl (C=O) groups excluding carboxylic acids is 1. The molecule has 0 aliphatic carbocycles. The van der Waals surface area contributed by atoms with Crippen LogP contribution in [0.5, 0.6) is 5.75 Å². The molecule has 0 atom stereocenters. The number of hydrogen-bond acceptors (Lipinski definition) is 5. The van der Waals surface area contributed by atoms with Gasteiger partial charge in [-0.05, 0) is 67.4 Å². The van der Waals surface area contributed by atoms with E-state index in [1.54, 1.807) is 23.1 Å². The summed E-state index contributed by atoms with van der Waals surface area (Å²) in [6.45, 7) is 8.71. The second-order valence-corrected chi connectivity index (χ2v) is 11.9. The summed E-state index contributed by atoms with van der Waals surface area (Å²) in [6, 6.07) is 17.8. The second-order valence-electron chi connectivity index (χ2n) is 11.9. The first-order chi connectivity index (χ1) is 20.0. The van der Waals surface area contributed by atoms with E-state index in [0.717, 1.165) is 35.2 Å². The van der Waals surface area contributed by atoms with Gasteiger partial charge >= 0.3 is 0 Å². The molecule has 0 saturated carbocycles. The summed E-state index contributed by atoms with van der Waals surface area (Å²) in [7, 11) is 4.08. The Kier molecular flexibility index (Phi) is 8.31. The molecule has 5 aromatic rings. The van der Waals surface area contributed by atoms with E-state index in [0.29, 0.717) is 35.7 Å². The summed E-state index contributed by atoms with van der Waals surface area (Å²) in [4.78, 5) is 33.9. The molecule has 3 N–H and O–H groups in total. The zero-order chi connectivity index (χ0) is 29.9. The number of hydrogen-bond donors (Lipinski definition) is 3. The molecule has 2 aromatic carbocycles. The molecule has 0 spiro atoms. The smallest absolute Gasteiger partial charge is 0.258 e. The number of anilines is 1.